The highest BCUT2D eigenvalue weighted by molar-refractivity contribution is 7.25. The first-order chi connectivity index (χ1) is 31.7. The number of hydrogen-bond acceptors (Lipinski definition) is 2. The average molecular weight is 846 g/mol. The summed E-state index contributed by atoms with van der Waals surface area (Å²) in [6.45, 7) is 9.51. The normalized spacial score (nSPS) is 14.1. The summed E-state index contributed by atoms with van der Waals surface area (Å²) in [4.78, 5) is 0. The van der Waals surface area contributed by atoms with Gasteiger partial charge in [-0.25, -0.2) is 0 Å². The van der Waals surface area contributed by atoms with E-state index < -0.39 is 0 Å². The van der Waals surface area contributed by atoms with Gasteiger partial charge in [0.05, 0.1) is 11.6 Å². The van der Waals surface area contributed by atoms with E-state index >= 15 is 0 Å². The number of nitrogens with zero attached hydrogens (tertiary/aromatic N) is 1. The molecular weight excluding hydrogens is 803 g/mol. The number of fused-ring (bicyclic) bond motifs is 11. The molecule has 0 fully saturated rings. The van der Waals surface area contributed by atoms with E-state index in [1.54, 1.807) is 11.3 Å². The second kappa shape index (κ2) is 13.7. The third kappa shape index (κ3) is 5.49. The van der Waals surface area contributed by atoms with Crippen LogP contribution in [0.5, 0.6) is 0 Å². The van der Waals surface area contributed by atoms with E-state index in [0.29, 0.717) is 5.56 Å². The molecule has 13 rings (SSSR count). The van der Waals surface area contributed by atoms with E-state index in [4.69, 9.17) is 0 Å². The predicted octanol–water partition coefficient (Wildman–Crippen LogP) is 17.5. The van der Waals surface area contributed by atoms with Gasteiger partial charge in [0.15, 0.2) is 0 Å². The van der Waals surface area contributed by atoms with Gasteiger partial charge in [-0.05, 0) is 165 Å². The van der Waals surface area contributed by atoms with Gasteiger partial charge in [-0.3, -0.25) is 0 Å². The Kier molecular flexibility index (Phi) is 8.01. The summed E-state index contributed by atoms with van der Waals surface area (Å²) in [5, 5.41) is 17.1. The Hall–Kier alpha value is -7.57. The fourth-order valence-electron chi connectivity index (χ4n) is 11.6. The van der Waals surface area contributed by atoms with Gasteiger partial charge in [0.1, 0.15) is 0 Å². The summed E-state index contributed by atoms with van der Waals surface area (Å²) < 4.78 is 2.43. The summed E-state index contributed by atoms with van der Waals surface area (Å²) in [7, 11) is 0. The molecule has 0 spiro atoms. The Balaban J connectivity index is 1.12. The maximum Gasteiger partial charge on any atom is 0.0991 e. The van der Waals surface area contributed by atoms with Crippen molar-refractivity contribution in [3.05, 3.63) is 216 Å². The smallest absolute Gasteiger partial charge is 0.0991 e. The first-order valence-electron chi connectivity index (χ1n) is 22.6. The van der Waals surface area contributed by atoms with Crippen LogP contribution in [0.4, 0.5) is 0 Å². The van der Waals surface area contributed by atoms with E-state index in [1.807, 2.05) is 12.1 Å². The molecule has 0 N–H and O–H groups in total. The Morgan fingerprint density at radius 3 is 1.32 bits per heavy atom. The zero-order valence-electron chi connectivity index (χ0n) is 36.8. The first kappa shape index (κ1) is 37.9. The van der Waals surface area contributed by atoms with Crippen molar-refractivity contribution in [3.8, 4) is 72.8 Å². The van der Waals surface area contributed by atoms with Crippen LogP contribution in [0.2, 0.25) is 0 Å². The number of hydrogen-bond donors (Lipinski definition) is 0. The van der Waals surface area contributed by atoms with Crippen LogP contribution in [0.1, 0.15) is 55.5 Å². The topological polar surface area (TPSA) is 23.8 Å². The van der Waals surface area contributed by atoms with Gasteiger partial charge in [0, 0.05) is 31.0 Å². The third-order valence-electron chi connectivity index (χ3n) is 14.9. The summed E-state index contributed by atoms with van der Waals surface area (Å²) in [5.41, 5.74) is 20.9. The van der Waals surface area contributed by atoms with Crippen molar-refractivity contribution >= 4 is 53.1 Å². The van der Waals surface area contributed by atoms with E-state index in [-0.39, 0.29) is 10.8 Å². The molecule has 1 nitrogen and oxygen atoms in total. The van der Waals surface area contributed by atoms with Crippen LogP contribution in [-0.2, 0) is 10.8 Å². The Labute approximate surface area is 383 Å². The molecule has 10 aromatic carbocycles. The van der Waals surface area contributed by atoms with Gasteiger partial charge in [-0.2, -0.15) is 5.26 Å². The average Bonchev–Trinajstić information content (AvgIpc) is 3.91. The molecule has 0 bridgehead atoms. The van der Waals surface area contributed by atoms with Crippen molar-refractivity contribution in [2.24, 2.45) is 0 Å². The first-order valence-corrected chi connectivity index (χ1v) is 23.4. The third-order valence-corrected chi connectivity index (χ3v) is 16.1. The van der Waals surface area contributed by atoms with Crippen molar-refractivity contribution in [2.45, 2.75) is 38.5 Å². The van der Waals surface area contributed by atoms with Crippen LogP contribution in [-0.4, -0.2) is 0 Å². The minimum absolute atomic E-state index is 0.136. The van der Waals surface area contributed by atoms with E-state index in [9.17, 15) is 5.26 Å². The number of benzene rings is 10. The SMILES string of the molecule is CC1(C)c2ccccc2-c2ccc(-c3c4ccc(-c5ccc6sc7ccc(C#N)cc7c6c5)cc4c(-c4ccc5c(c4)C(C)(C)c4ccccc4-5)c4ccc(-c5ccccc5)cc34)cc21. The van der Waals surface area contributed by atoms with E-state index in [2.05, 4.69) is 210 Å². The van der Waals surface area contributed by atoms with Gasteiger partial charge in [-0.1, -0.05) is 161 Å². The maximum atomic E-state index is 9.80. The fourth-order valence-corrected chi connectivity index (χ4v) is 12.7. The van der Waals surface area contributed by atoms with Crippen LogP contribution in [0.15, 0.2) is 188 Å². The highest BCUT2D eigenvalue weighted by atomic mass is 32.1. The highest BCUT2D eigenvalue weighted by Gasteiger charge is 2.37. The summed E-state index contributed by atoms with van der Waals surface area (Å²) in [5.74, 6) is 0. The van der Waals surface area contributed by atoms with Crippen LogP contribution in [0, 0.1) is 11.3 Å². The molecule has 2 heteroatoms. The van der Waals surface area contributed by atoms with Crippen molar-refractivity contribution in [2.75, 3.05) is 0 Å². The van der Waals surface area contributed by atoms with Crippen LogP contribution >= 0.6 is 11.3 Å². The molecule has 1 heterocycles. The Morgan fingerprint density at radius 2 is 0.769 bits per heavy atom. The second-order valence-electron chi connectivity index (χ2n) is 19.1. The molecule has 11 aromatic rings. The zero-order valence-corrected chi connectivity index (χ0v) is 37.6. The molecule has 1 aromatic heterocycles. The number of nitriles is 1. The molecule has 2 aliphatic rings. The van der Waals surface area contributed by atoms with Crippen LogP contribution in [0.25, 0.3) is 108 Å². The molecule has 0 unspecified atom stereocenters. The van der Waals surface area contributed by atoms with Gasteiger partial charge in [0.25, 0.3) is 0 Å². The van der Waals surface area contributed by atoms with Crippen molar-refractivity contribution in [1.82, 2.24) is 0 Å². The van der Waals surface area contributed by atoms with E-state index in [1.165, 1.54) is 120 Å². The van der Waals surface area contributed by atoms with Gasteiger partial charge in [0.2, 0.25) is 0 Å². The number of rotatable bonds is 4. The van der Waals surface area contributed by atoms with Crippen molar-refractivity contribution < 1.29 is 0 Å². The van der Waals surface area contributed by atoms with E-state index in [0.717, 1.165) is 10.9 Å². The maximum absolute atomic E-state index is 9.80. The standard InChI is InChI=1S/C63H43NS/c1-62(2)54-16-10-8-14-44(54)46-24-21-42(34-56(46)62)60-49-27-20-40(41-23-29-59-51(31-41)50-30-37(36-64)18-28-58(50)65-59)33-53(49)61(48-26-19-39(32-52(48)60)38-12-6-5-7-13-38)43-22-25-47-45-15-9-11-17-55(45)63(3,4)57(47)35-43/h5-35H,1-4H3. The number of thiophene rings is 1. The molecular formula is C63H43NS. The molecule has 0 aliphatic heterocycles. The lowest BCUT2D eigenvalue weighted by molar-refractivity contribution is 0.660. The van der Waals surface area contributed by atoms with Crippen molar-refractivity contribution in [1.29, 1.82) is 5.26 Å². The molecule has 0 saturated carbocycles. The van der Waals surface area contributed by atoms with Gasteiger partial charge >= 0.3 is 0 Å². The summed E-state index contributed by atoms with van der Waals surface area (Å²) >= 11 is 1.79. The quantitative estimate of drug-likeness (QED) is 0.162. The lowest BCUT2D eigenvalue weighted by Crippen LogP contribution is -2.15. The lowest BCUT2D eigenvalue weighted by atomic mass is 9.79. The molecule has 0 radical (unpaired) electrons. The molecule has 2 aliphatic carbocycles. The fraction of sp³-hybridized carbons (Fsp3) is 0.0952. The molecule has 0 atom stereocenters. The summed E-state index contributed by atoms with van der Waals surface area (Å²) in [6.07, 6.45) is 0. The predicted molar refractivity (Wildman–Crippen MR) is 276 cm³/mol. The Morgan fingerprint density at radius 1 is 0.338 bits per heavy atom. The largest absolute Gasteiger partial charge is 0.192 e. The molecule has 0 amide bonds. The minimum Gasteiger partial charge on any atom is -0.192 e. The van der Waals surface area contributed by atoms with Crippen molar-refractivity contribution in [3.63, 3.8) is 0 Å². The molecule has 306 valence electrons. The Bertz CT molecular complexity index is 3890. The monoisotopic (exact) mass is 845 g/mol. The minimum atomic E-state index is -0.141. The van der Waals surface area contributed by atoms with Crippen LogP contribution in [0.3, 0.4) is 0 Å². The zero-order chi connectivity index (χ0) is 43.8. The van der Waals surface area contributed by atoms with Gasteiger partial charge < -0.3 is 0 Å². The lowest BCUT2D eigenvalue weighted by Gasteiger charge is -2.24. The molecule has 0 saturated heterocycles. The summed E-state index contributed by atoms with van der Waals surface area (Å²) in [6, 6.07) is 72.7. The second-order valence-corrected chi connectivity index (χ2v) is 20.2. The highest BCUT2D eigenvalue weighted by Crippen LogP contribution is 2.54. The van der Waals surface area contributed by atoms with Crippen LogP contribution < -0.4 is 0 Å². The molecule has 65 heavy (non-hydrogen) atoms. The van der Waals surface area contributed by atoms with Gasteiger partial charge in [-0.15, -0.1) is 11.3 Å².